The number of nitrogens with zero attached hydrogens (tertiary/aromatic N) is 2. The van der Waals surface area contributed by atoms with Gasteiger partial charge in [0.2, 0.25) is 11.8 Å². The van der Waals surface area contributed by atoms with Crippen molar-refractivity contribution in [2.45, 2.75) is 17.7 Å². The fourth-order valence-corrected chi connectivity index (χ4v) is 4.05. The molecule has 146 valence electrons. The summed E-state index contributed by atoms with van der Waals surface area (Å²) in [6.45, 7) is 0. The Bertz CT molecular complexity index is 1070. The van der Waals surface area contributed by atoms with E-state index in [0.29, 0.717) is 10.6 Å². The molecule has 1 N–H and O–H groups in total. The van der Waals surface area contributed by atoms with E-state index in [1.165, 1.54) is 24.3 Å². The molecule has 0 fully saturated rings. The molecular weight excluding hydrogens is 470 g/mol. The van der Waals surface area contributed by atoms with E-state index in [-0.39, 0.29) is 35.4 Å². The Morgan fingerprint density at radius 3 is 2.43 bits per heavy atom. The molecule has 7 nitrogen and oxygen atoms in total. The molecule has 28 heavy (non-hydrogen) atoms. The zero-order valence-electron chi connectivity index (χ0n) is 14.4. The maximum atomic E-state index is 12.2. The highest BCUT2D eigenvalue weighted by Gasteiger charge is 2.16. The molecule has 0 aliphatic carbocycles. The Hall–Kier alpha value is -2.23. The van der Waals surface area contributed by atoms with Crippen LogP contribution < -0.4 is 5.32 Å². The van der Waals surface area contributed by atoms with Crippen LogP contribution in [0.1, 0.15) is 12.8 Å². The fourth-order valence-electron chi connectivity index (χ4n) is 2.35. The van der Waals surface area contributed by atoms with Crippen molar-refractivity contribution in [2.75, 3.05) is 11.1 Å². The molecule has 0 aliphatic rings. The first-order valence-electron chi connectivity index (χ1n) is 8.21. The Kier molecular flexibility index (Phi) is 6.48. The predicted octanol–water partition coefficient (Wildman–Crippen LogP) is 4.35. The van der Waals surface area contributed by atoms with Gasteiger partial charge in [-0.25, -0.2) is 8.42 Å². The van der Waals surface area contributed by atoms with Gasteiger partial charge in [0.25, 0.3) is 0 Å². The highest BCUT2D eigenvalue weighted by Crippen LogP contribution is 2.22. The predicted molar refractivity (Wildman–Crippen MR) is 109 cm³/mol. The Balaban J connectivity index is 1.52. The van der Waals surface area contributed by atoms with Crippen molar-refractivity contribution in [3.8, 4) is 11.5 Å². The van der Waals surface area contributed by atoms with Gasteiger partial charge in [-0.3, -0.25) is 10.1 Å². The number of benzene rings is 2. The Morgan fingerprint density at radius 2 is 1.75 bits per heavy atom. The third kappa shape index (κ3) is 5.40. The van der Waals surface area contributed by atoms with Crippen LogP contribution in [0, 0.1) is 0 Å². The van der Waals surface area contributed by atoms with Crippen LogP contribution >= 0.6 is 27.5 Å². The lowest BCUT2D eigenvalue weighted by Crippen LogP contribution is -2.14. The number of hydrogen-bond acceptors (Lipinski definition) is 6. The van der Waals surface area contributed by atoms with Crippen LogP contribution in [-0.4, -0.2) is 30.3 Å². The number of anilines is 1. The summed E-state index contributed by atoms with van der Waals surface area (Å²) < 4.78 is 30.8. The van der Waals surface area contributed by atoms with Crippen molar-refractivity contribution in [3.05, 3.63) is 58.0 Å². The average molecular weight is 485 g/mol. The number of nitrogens with one attached hydrogen (secondary N) is 1. The van der Waals surface area contributed by atoms with E-state index in [1.807, 2.05) is 12.1 Å². The monoisotopic (exact) mass is 483 g/mol. The summed E-state index contributed by atoms with van der Waals surface area (Å²) in [6.07, 6.45) is 0.160. The van der Waals surface area contributed by atoms with E-state index in [4.69, 9.17) is 16.0 Å². The number of sulfone groups is 1. The van der Waals surface area contributed by atoms with Crippen molar-refractivity contribution in [3.63, 3.8) is 0 Å². The standard InChI is InChI=1S/C18H15BrClN3O4S/c19-13-5-3-12(4-6-13)17-22-23-18(27-17)21-16(24)2-1-11-28(25,26)15-9-7-14(20)8-10-15/h3-10H,1-2,11H2,(H,21,23,24). The lowest BCUT2D eigenvalue weighted by atomic mass is 10.2. The lowest BCUT2D eigenvalue weighted by Gasteiger charge is -2.04. The minimum absolute atomic E-state index is 0.00279. The fraction of sp³-hybridized carbons (Fsp3) is 0.167. The maximum Gasteiger partial charge on any atom is 0.322 e. The topological polar surface area (TPSA) is 102 Å². The van der Waals surface area contributed by atoms with Gasteiger partial charge in [0.1, 0.15) is 0 Å². The molecule has 3 aromatic rings. The number of rotatable bonds is 7. The zero-order chi connectivity index (χ0) is 20.1. The normalized spacial score (nSPS) is 11.4. The van der Waals surface area contributed by atoms with E-state index in [1.54, 1.807) is 12.1 Å². The molecular formula is C18H15BrClN3O4S. The maximum absolute atomic E-state index is 12.2. The van der Waals surface area contributed by atoms with Crippen molar-refractivity contribution in [2.24, 2.45) is 0 Å². The molecule has 0 aliphatic heterocycles. The van der Waals surface area contributed by atoms with Gasteiger partial charge in [0, 0.05) is 21.5 Å². The summed E-state index contributed by atoms with van der Waals surface area (Å²) in [5.74, 6) is -0.291. The molecule has 1 heterocycles. The van der Waals surface area contributed by atoms with Gasteiger partial charge in [0.15, 0.2) is 9.84 Å². The Labute approximate surface area is 175 Å². The van der Waals surface area contributed by atoms with Crippen molar-refractivity contribution in [1.29, 1.82) is 0 Å². The second-order valence-electron chi connectivity index (χ2n) is 5.84. The second-order valence-corrected chi connectivity index (χ2v) is 9.31. The summed E-state index contributed by atoms with van der Waals surface area (Å²) >= 11 is 9.10. The zero-order valence-corrected chi connectivity index (χ0v) is 17.6. The van der Waals surface area contributed by atoms with Gasteiger partial charge in [-0.1, -0.05) is 32.6 Å². The number of carbonyl (C=O) groups excluding carboxylic acids is 1. The smallest absolute Gasteiger partial charge is 0.322 e. The molecule has 0 saturated heterocycles. The van der Waals surface area contributed by atoms with Gasteiger partial charge in [0.05, 0.1) is 10.6 Å². The molecule has 0 spiro atoms. The number of halogens is 2. The van der Waals surface area contributed by atoms with Crippen LogP contribution in [0.5, 0.6) is 0 Å². The van der Waals surface area contributed by atoms with Gasteiger partial charge < -0.3 is 4.42 Å². The second kappa shape index (κ2) is 8.85. The van der Waals surface area contributed by atoms with E-state index < -0.39 is 15.7 Å². The molecule has 0 radical (unpaired) electrons. The van der Waals surface area contributed by atoms with Crippen LogP contribution in [0.15, 0.2) is 62.3 Å². The lowest BCUT2D eigenvalue weighted by molar-refractivity contribution is -0.116. The number of carbonyl (C=O) groups is 1. The summed E-state index contributed by atoms with van der Waals surface area (Å²) in [5.41, 5.74) is 0.713. The molecule has 10 heteroatoms. The Morgan fingerprint density at radius 1 is 1.07 bits per heavy atom. The molecule has 0 unspecified atom stereocenters. The third-order valence-corrected chi connectivity index (χ3v) is 6.35. The number of aromatic nitrogens is 2. The van der Waals surface area contributed by atoms with E-state index in [2.05, 4.69) is 31.4 Å². The van der Waals surface area contributed by atoms with E-state index in [9.17, 15) is 13.2 Å². The van der Waals surface area contributed by atoms with Gasteiger partial charge in [-0.2, -0.15) is 0 Å². The van der Waals surface area contributed by atoms with Crippen molar-refractivity contribution < 1.29 is 17.6 Å². The summed E-state index contributed by atoms with van der Waals surface area (Å²) in [5, 5.41) is 10.6. The molecule has 0 atom stereocenters. The van der Waals surface area contributed by atoms with Gasteiger partial charge in [-0.15, -0.1) is 5.10 Å². The quantitative estimate of drug-likeness (QED) is 0.535. The van der Waals surface area contributed by atoms with Crippen LogP contribution in [0.4, 0.5) is 6.01 Å². The van der Waals surface area contributed by atoms with Crippen LogP contribution in [0.3, 0.4) is 0 Å². The summed E-state index contributed by atoms with van der Waals surface area (Å²) in [4.78, 5) is 12.2. The molecule has 2 aromatic carbocycles. The SMILES string of the molecule is O=C(CCCS(=O)(=O)c1ccc(Cl)cc1)Nc1nnc(-c2ccc(Br)cc2)o1. The molecule has 1 amide bonds. The molecule has 1 aromatic heterocycles. The first-order chi connectivity index (χ1) is 13.3. The minimum atomic E-state index is -3.47. The number of amides is 1. The molecule has 0 saturated carbocycles. The third-order valence-electron chi connectivity index (χ3n) is 3.75. The van der Waals surface area contributed by atoms with E-state index in [0.717, 1.165) is 4.47 Å². The summed E-state index contributed by atoms with van der Waals surface area (Å²) in [7, 11) is -3.47. The van der Waals surface area contributed by atoms with Crippen LogP contribution in [0.2, 0.25) is 5.02 Å². The van der Waals surface area contributed by atoms with Gasteiger partial charge >= 0.3 is 6.01 Å². The highest BCUT2D eigenvalue weighted by molar-refractivity contribution is 9.10. The average Bonchev–Trinajstić information content (AvgIpc) is 3.11. The van der Waals surface area contributed by atoms with Crippen LogP contribution in [0.25, 0.3) is 11.5 Å². The minimum Gasteiger partial charge on any atom is -0.403 e. The summed E-state index contributed by atoms with van der Waals surface area (Å²) in [6, 6.07) is 13.1. The van der Waals surface area contributed by atoms with Gasteiger partial charge in [-0.05, 0) is 55.0 Å². The largest absolute Gasteiger partial charge is 0.403 e. The molecule has 3 rings (SSSR count). The number of hydrogen-bond donors (Lipinski definition) is 1. The van der Waals surface area contributed by atoms with E-state index >= 15 is 0 Å². The van der Waals surface area contributed by atoms with Crippen molar-refractivity contribution >= 4 is 49.3 Å². The first-order valence-corrected chi connectivity index (χ1v) is 11.0. The first kappa shape index (κ1) is 20.5. The highest BCUT2D eigenvalue weighted by atomic mass is 79.9. The van der Waals surface area contributed by atoms with Crippen LogP contribution in [-0.2, 0) is 14.6 Å². The van der Waals surface area contributed by atoms with Crippen molar-refractivity contribution in [1.82, 2.24) is 10.2 Å². The molecule has 0 bridgehead atoms.